The number of aryl methyl sites for hydroxylation is 1. The molecule has 0 unspecified atom stereocenters. The van der Waals surface area contributed by atoms with Crippen LogP contribution in [-0.2, 0) is 0 Å². The summed E-state index contributed by atoms with van der Waals surface area (Å²) < 4.78 is 0. The highest BCUT2D eigenvalue weighted by atomic mass is 35.5. The number of rotatable bonds is 3. The van der Waals surface area contributed by atoms with Gasteiger partial charge in [0.2, 0.25) is 0 Å². The first-order valence-electron chi connectivity index (χ1n) is 6.71. The summed E-state index contributed by atoms with van der Waals surface area (Å²) in [6, 6.07) is 15.2. The quantitative estimate of drug-likeness (QED) is 0.572. The van der Waals surface area contributed by atoms with Crippen molar-refractivity contribution >= 4 is 17.4 Å². The molecule has 2 aromatic carbocycles. The van der Waals surface area contributed by atoms with Crippen molar-refractivity contribution in [1.29, 1.82) is 0 Å². The van der Waals surface area contributed by atoms with Gasteiger partial charge in [-0.3, -0.25) is 0 Å². The molecule has 0 saturated carbocycles. The van der Waals surface area contributed by atoms with E-state index in [1.54, 1.807) is 12.1 Å². The fraction of sp³-hybridized carbons (Fsp3) is 0.0625. The highest BCUT2D eigenvalue weighted by molar-refractivity contribution is 6.30. The predicted molar refractivity (Wildman–Crippen MR) is 88.3 cm³/mol. The van der Waals surface area contributed by atoms with Crippen LogP contribution < -0.4 is 11.3 Å². The minimum absolute atomic E-state index is 0.476. The van der Waals surface area contributed by atoms with Crippen LogP contribution in [-0.4, -0.2) is 15.2 Å². The zero-order valence-electron chi connectivity index (χ0n) is 11.9. The van der Waals surface area contributed by atoms with Gasteiger partial charge >= 0.3 is 0 Å². The highest BCUT2D eigenvalue weighted by Gasteiger charge is 2.11. The molecule has 0 aliphatic rings. The number of hydrogen-bond donors (Lipinski definition) is 2. The van der Waals surface area contributed by atoms with Crippen molar-refractivity contribution in [3.63, 3.8) is 0 Å². The second-order valence-electron chi connectivity index (χ2n) is 4.85. The smallest absolute Gasteiger partial charge is 0.183 e. The van der Waals surface area contributed by atoms with E-state index >= 15 is 0 Å². The molecule has 0 saturated heterocycles. The summed E-state index contributed by atoms with van der Waals surface area (Å²) in [5.74, 6) is 6.55. The van der Waals surface area contributed by atoms with Crippen molar-refractivity contribution in [2.24, 2.45) is 5.84 Å². The molecule has 6 heteroatoms. The number of anilines is 1. The Balaban J connectivity index is 2.04. The Morgan fingerprint density at radius 3 is 2.18 bits per heavy atom. The lowest BCUT2D eigenvalue weighted by Gasteiger charge is -2.08. The molecule has 0 amide bonds. The van der Waals surface area contributed by atoms with Crippen molar-refractivity contribution in [2.45, 2.75) is 6.92 Å². The summed E-state index contributed by atoms with van der Waals surface area (Å²) in [7, 11) is 0. The van der Waals surface area contributed by atoms with Crippen molar-refractivity contribution in [3.05, 3.63) is 59.1 Å². The molecule has 110 valence electrons. The van der Waals surface area contributed by atoms with Crippen LogP contribution in [0, 0.1) is 6.92 Å². The van der Waals surface area contributed by atoms with Gasteiger partial charge in [0.05, 0.1) is 0 Å². The molecule has 0 aliphatic carbocycles. The summed E-state index contributed by atoms with van der Waals surface area (Å²) in [6.45, 7) is 2.03. The van der Waals surface area contributed by atoms with Gasteiger partial charge in [-0.05, 0) is 31.2 Å². The van der Waals surface area contributed by atoms with Crippen LogP contribution in [0.1, 0.15) is 5.56 Å². The second-order valence-corrected chi connectivity index (χ2v) is 5.29. The van der Waals surface area contributed by atoms with E-state index in [1.165, 1.54) is 5.56 Å². The lowest BCUT2D eigenvalue weighted by Crippen LogP contribution is -2.12. The maximum atomic E-state index is 5.89. The molecule has 1 aromatic heterocycles. The summed E-state index contributed by atoms with van der Waals surface area (Å²) in [5, 5.41) is 9.10. The SMILES string of the molecule is Cc1ccc(-c2nnc(-c3ccc(Cl)cc3)nc2NN)cc1. The van der Waals surface area contributed by atoms with Crippen LogP contribution in [0.3, 0.4) is 0 Å². The third-order valence-corrected chi connectivity index (χ3v) is 3.50. The number of benzene rings is 2. The monoisotopic (exact) mass is 311 g/mol. The zero-order chi connectivity index (χ0) is 15.5. The number of nitrogens with zero attached hydrogens (tertiary/aromatic N) is 3. The molecule has 22 heavy (non-hydrogen) atoms. The average Bonchev–Trinajstić information content (AvgIpc) is 2.56. The molecule has 3 aromatic rings. The van der Waals surface area contributed by atoms with Gasteiger partial charge in [0.15, 0.2) is 11.6 Å². The van der Waals surface area contributed by atoms with Crippen molar-refractivity contribution in [2.75, 3.05) is 5.43 Å². The lowest BCUT2D eigenvalue weighted by atomic mass is 10.1. The molecular weight excluding hydrogens is 298 g/mol. The Labute approximate surface area is 133 Å². The maximum Gasteiger partial charge on any atom is 0.183 e. The number of halogens is 1. The standard InChI is InChI=1S/C16H14ClN5/c1-10-2-4-11(5-3-10)14-16(20-18)19-15(22-21-14)12-6-8-13(17)9-7-12/h2-9H,18H2,1H3,(H,19,20,22). The largest absolute Gasteiger partial charge is 0.307 e. The number of hydrogen-bond acceptors (Lipinski definition) is 5. The number of nitrogen functional groups attached to an aromatic ring is 1. The molecular formula is C16H14ClN5. The second kappa shape index (κ2) is 6.09. The van der Waals surface area contributed by atoms with Crippen LogP contribution in [0.15, 0.2) is 48.5 Å². The molecule has 3 rings (SSSR count). The van der Waals surface area contributed by atoms with Crippen LogP contribution in [0.2, 0.25) is 5.02 Å². The van der Waals surface area contributed by atoms with Gasteiger partial charge in [0, 0.05) is 16.1 Å². The summed E-state index contributed by atoms with van der Waals surface area (Å²) in [5.41, 5.74) is 6.10. The summed E-state index contributed by atoms with van der Waals surface area (Å²) in [6.07, 6.45) is 0. The molecule has 5 nitrogen and oxygen atoms in total. The van der Waals surface area contributed by atoms with E-state index in [0.29, 0.717) is 22.4 Å². The minimum atomic E-state index is 0.476. The first-order valence-corrected chi connectivity index (χ1v) is 7.09. The summed E-state index contributed by atoms with van der Waals surface area (Å²) >= 11 is 5.89. The molecule has 0 bridgehead atoms. The molecule has 0 aliphatic heterocycles. The first-order chi connectivity index (χ1) is 10.7. The van der Waals surface area contributed by atoms with E-state index in [0.717, 1.165) is 11.1 Å². The molecule has 0 fully saturated rings. The van der Waals surface area contributed by atoms with Crippen molar-refractivity contribution < 1.29 is 0 Å². The van der Waals surface area contributed by atoms with Gasteiger partial charge in [-0.2, -0.15) is 0 Å². The van der Waals surface area contributed by atoms with Crippen molar-refractivity contribution in [3.8, 4) is 22.6 Å². The Kier molecular flexibility index (Phi) is 4.00. The van der Waals surface area contributed by atoms with Gasteiger partial charge in [0.1, 0.15) is 5.69 Å². The molecule has 0 atom stereocenters. The highest BCUT2D eigenvalue weighted by Crippen LogP contribution is 2.26. The number of nitrogens with two attached hydrogens (primary N) is 1. The number of nitrogens with one attached hydrogen (secondary N) is 1. The Morgan fingerprint density at radius 1 is 0.909 bits per heavy atom. The molecule has 1 heterocycles. The normalized spacial score (nSPS) is 10.5. The third kappa shape index (κ3) is 2.90. The van der Waals surface area contributed by atoms with Crippen LogP contribution in [0.5, 0.6) is 0 Å². The van der Waals surface area contributed by atoms with Gasteiger partial charge in [-0.15, -0.1) is 10.2 Å². The average molecular weight is 312 g/mol. The fourth-order valence-electron chi connectivity index (χ4n) is 2.05. The maximum absolute atomic E-state index is 5.89. The van der Waals surface area contributed by atoms with E-state index in [-0.39, 0.29) is 0 Å². The topological polar surface area (TPSA) is 76.7 Å². The van der Waals surface area contributed by atoms with Crippen LogP contribution >= 0.6 is 11.6 Å². The number of hydrazine groups is 1. The van der Waals surface area contributed by atoms with Gasteiger partial charge < -0.3 is 5.43 Å². The minimum Gasteiger partial charge on any atom is -0.307 e. The third-order valence-electron chi connectivity index (χ3n) is 3.25. The van der Waals surface area contributed by atoms with Crippen molar-refractivity contribution in [1.82, 2.24) is 15.2 Å². The first kappa shape index (κ1) is 14.4. The predicted octanol–water partition coefficient (Wildman–Crippen LogP) is 3.45. The van der Waals surface area contributed by atoms with E-state index in [1.807, 2.05) is 43.3 Å². The lowest BCUT2D eigenvalue weighted by molar-refractivity contribution is 0.983. The Bertz CT molecular complexity index is 785. The Morgan fingerprint density at radius 2 is 1.55 bits per heavy atom. The zero-order valence-corrected chi connectivity index (χ0v) is 12.7. The molecule has 3 N–H and O–H groups in total. The van der Waals surface area contributed by atoms with Gasteiger partial charge in [-0.25, -0.2) is 10.8 Å². The summed E-state index contributed by atoms with van der Waals surface area (Å²) in [4.78, 5) is 4.44. The van der Waals surface area contributed by atoms with E-state index in [4.69, 9.17) is 17.4 Å². The van der Waals surface area contributed by atoms with Crippen LogP contribution in [0.25, 0.3) is 22.6 Å². The van der Waals surface area contributed by atoms with Crippen LogP contribution in [0.4, 0.5) is 5.82 Å². The fourth-order valence-corrected chi connectivity index (χ4v) is 2.18. The van der Waals surface area contributed by atoms with Gasteiger partial charge in [0.25, 0.3) is 0 Å². The number of aromatic nitrogens is 3. The van der Waals surface area contributed by atoms with E-state index < -0.39 is 0 Å². The molecule has 0 spiro atoms. The Hall–Kier alpha value is -2.50. The molecule has 0 radical (unpaired) electrons. The van der Waals surface area contributed by atoms with E-state index in [9.17, 15) is 0 Å². The van der Waals surface area contributed by atoms with E-state index in [2.05, 4.69) is 20.6 Å². The van der Waals surface area contributed by atoms with Gasteiger partial charge in [-0.1, -0.05) is 41.4 Å².